The van der Waals surface area contributed by atoms with E-state index in [0.717, 1.165) is 12.8 Å². The van der Waals surface area contributed by atoms with Gasteiger partial charge in [0, 0.05) is 23.0 Å². The van der Waals surface area contributed by atoms with Gasteiger partial charge >= 0.3 is 5.97 Å². The second-order valence-corrected chi connectivity index (χ2v) is 8.45. The van der Waals surface area contributed by atoms with Crippen molar-refractivity contribution in [2.45, 2.75) is 83.3 Å². The van der Waals surface area contributed by atoms with Crippen LogP contribution < -0.4 is 5.32 Å². The molecule has 0 bridgehead atoms. The van der Waals surface area contributed by atoms with E-state index in [1.807, 2.05) is 27.7 Å². The lowest BCUT2D eigenvalue weighted by atomic mass is 9.74. The van der Waals surface area contributed by atoms with Crippen molar-refractivity contribution in [2.75, 3.05) is 0 Å². The summed E-state index contributed by atoms with van der Waals surface area (Å²) in [6.07, 6.45) is 4.09. The van der Waals surface area contributed by atoms with Crippen molar-refractivity contribution >= 4 is 11.9 Å². The number of carbonyl (C=O) groups excluding carboxylic acids is 1. The molecule has 1 aliphatic carbocycles. The molecule has 23 heavy (non-hydrogen) atoms. The van der Waals surface area contributed by atoms with Gasteiger partial charge in [-0.15, -0.1) is 0 Å². The van der Waals surface area contributed by atoms with E-state index < -0.39 is 17.0 Å². The fraction of sp³-hybridized carbons (Fsp3) is 0.882. The zero-order valence-electron chi connectivity index (χ0n) is 14.6. The molecule has 6 heteroatoms. The van der Waals surface area contributed by atoms with Crippen molar-refractivity contribution < 1.29 is 19.9 Å². The third kappa shape index (κ3) is 4.04. The van der Waals surface area contributed by atoms with E-state index in [0.29, 0.717) is 25.7 Å². The van der Waals surface area contributed by atoms with Gasteiger partial charge in [-0.2, -0.15) is 5.06 Å². The largest absolute Gasteiger partial charge is 0.481 e. The predicted molar refractivity (Wildman–Crippen MR) is 86.0 cm³/mol. The quantitative estimate of drug-likeness (QED) is 0.741. The molecular formula is C17H30N2O4. The lowest BCUT2D eigenvalue weighted by molar-refractivity contribution is -0.249. The summed E-state index contributed by atoms with van der Waals surface area (Å²) in [6.45, 7) is 7.76. The molecule has 132 valence electrons. The lowest BCUT2D eigenvalue weighted by Gasteiger charge is -2.51. The van der Waals surface area contributed by atoms with Crippen LogP contribution in [0, 0.1) is 11.8 Å². The predicted octanol–water partition coefficient (Wildman–Crippen LogP) is 2.40. The number of amides is 1. The van der Waals surface area contributed by atoms with Gasteiger partial charge in [-0.3, -0.25) is 9.59 Å². The number of carbonyl (C=O) groups is 2. The van der Waals surface area contributed by atoms with Gasteiger partial charge in [-0.25, -0.2) is 0 Å². The Hall–Kier alpha value is -1.14. The van der Waals surface area contributed by atoms with Crippen molar-refractivity contribution in [1.82, 2.24) is 10.4 Å². The van der Waals surface area contributed by atoms with Crippen LogP contribution in [-0.4, -0.2) is 44.4 Å². The Morgan fingerprint density at radius 2 is 1.61 bits per heavy atom. The first kappa shape index (κ1) is 18.2. The fourth-order valence-corrected chi connectivity index (χ4v) is 4.32. The molecule has 1 aliphatic heterocycles. The average molecular weight is 326 g/mol. The molecule has 1 amide bonds. The van der Waals surface area contributed by atoms with Gasteiger partial charge < -0.3 is 15.6 Å². The first-order valence-corrected chi connectivity index (χ1v) is 8.55. The standard InChI is InChI=1S/C17H30N2O4/c1-16(2)9-12(10-17(3,4)19(16)23)14(20)18-13-7-5-6-11(8-13)15(21)22/h11-13,23H,5-10H2,1-4H3,(H,18,20)(H,21,22). The third-order valence-corrected chi connectivity index (χ3v) is 5.38. The van der Waals surface area contributed by atoms with Crippen molar-refractivity contribution in [3.63, 3.8) is 0 Å². The van der Waals surface area contributed by atoms with E-state index in [2.05, 4.69) is 5.32 Å². The highest BCUT2D eigenvalue weighted by Gasteiger charge is 2.47. The highest BCUT2D eigenvalue weighted by Crippen LogP contribution is 2.40. The number of nitrogens with one attached hydrogen (secondary N) is 1. The summed E-state index contributed by atoms with van der Waals surface area (Å²) in [5.41, 5.74) is -0.917. The SMILES string of the molecule is CC1(C)CC(C(=O)NC2CCCC(C(=O)O)C2)CC(C)(C)N1O. The number of carboxylic acid groups (broad SMARTS) is 1. The van der Waals surface area contributed by atoms with Crippen molar-refractivity contribution in [1.29, 1.82) is 0 Å². The molecule has 2 aliphatic rings. The summed E-state index contributed by atoms with van der Waals surface area (Å²) in [5, 5.41) is 23.9. The summed E-state index contributed by atoms with van der Waals surface area (Å²) in [5.74, 6) is -1.27. The Bertz CT molecular complexity index is 457. The first-order chi connectivity index (χ1) is 10.5. The van der Waals surface area contributed by atoms with Gasteiger partial charge in [0.1, 0.15) is 0 Å². The molecule has 2 atom stereocenters. The Morgan fingerprint density at radius 3 is 2.13 bits per heavy atom. The Morgan fingerprint density at radius 1 is 1.04 bits per heavy atom. The van der Waals surface area contributed by atoms with Gasteiger partial charge in [-0.05, 0) is 59.8 Å². The molecule has 2 fully saturated rings. The highest BCUT2D eigenvalue weighted by atomic mass is 16.5. The minimum Gasteiger partial charge on any atom is -0.481 e. The maximum Gasteiger partial charge on any atom is 0.306 e. The van der Waals surface area contributed by atoms with Crippen LogP contribution >= 0.6 is 0 Å². The minimum atomic E-state index is -0.764. The Balaban J connectivity index is 1.99. The van der Waals surface area contributed by atoms with Gasteiger partial charge in [-0.1, -0.05) is 6.42 Å². The van der Waals surface area contributed by atoms with E-state index in [1.165, 1.54) is 5.06 Å². The number of hydrogen-bond acceptors (Lipinski definition) is 4. The molecule has 2 rings (SSSR count). The van der Waals surface area contributed by atoms with Crippen molar-refractivity contribution in [2.24, 2.45) is 11.8 Å². The number of hydrogen-bond donors (Lipinski definition) is 3. The topological polar surface area (TPSA) is 89.9 Å². The van der Waals surface area contributed by atoms with E-state index >= 15 is 0 Å². The molecule has 0 aromatic carbocycles. The normalized spacial score (nSPS) is 31.5. The van der Waals surface area contributed by atoms with Crippen LogP contribution in [0.25, 0.3) is 0 Å². The van der Waals surface area contributed by atoms with Crippen LogP contribution in [0.4, 0.5) is 0 Å². The number of nitrogens with zero attached hydrogens (tertiary/aromatic N) is 1. The van der Waals surface area contributed by atoms with Crippen LogP contribution in [0.2, 0.25) is 0 Å². The minimum absolute atomic E-state index is 0.00436. The van der Waals surface area contributed by atoms with Crippen LogP contribution in [-0.2, 0) is 9.59 Å². The van der Waals surface area contributed by atoms with E-state index in [1.54, 1.807) is 0 Å². The number of aliphatic carboxylic acids is 1. The number of piperidine rings is 1. The van der Waals surface area contributed by atoms with Gasteiger partial charge in [0.2, 0.25) is 5.91 Å². The summed E-state index contributed by atoms with van der Waals surface area (Å²) in [6, 6.07) is -0.0456. The molecule has 3 N–H and O–H groups in total. The zero-order valence-corrected chi connectivity index (χ0v) is 14.6. The van der Waals surface area contributed by atoms with Crippen LogP contribution in [0.1, 0.15) is 66.2 Å². The van der Waals surface area contributed by atoms with Crippen LogP contribution in [0.5, 0.6) is 0 Å². The molecule has 1 saturated heterocycles. The molecule has 0 aromatic rings. The molecule has 0 spiro atoms. The first-order valence-electron chi connectivity index (χ1n) is 8.55. The average Bonchev–Trinajstić information content (AvgIpc) is 2.44. The summed E-state index contributed by atoms with van der Waals surface area (Å²) in [4.78, 5) is 23.8. The second kappa shape index (κ2) is 6.40. The fourth-order valence-electron chi connectivity index (χ4n) is 4.32. The number of carboxylic acids is 1. The summed E-state index contributed by atoms with van der Waals surface area (Å²) >= 11 is 0. The van der Waals surface area contributed by atoms with Gasteiger partial charge in [0.05, 0.1) is 5.92 Å². The highest BCUT2D eigenvalue weighted by molar-refractivity contribution is 5.79. The van der Waals surface area contributed by atoms with E-state index in [-0.39, 0.29) is 23.8 Å². The molecule has 0 aromatic heterocycles. The monoisotopic (exact) mass is 326 g/mol. The van der Waals surface area contributed by atoms with Crippen molar-refractivity contribution in [3.8, 4) is 0 Å². The summed E-state index contributed by atoms with van der Waals surface area (Å²) in [7, 11) is 0. The number of hydroxylamine groups is 2. The van der Waals surface area contributed by atoms with Gasteiger partial charge in [0.15, 0.2) is 0 Å². The van der Waals surface area contributed by atoms with Gasteiger partial charge in [0.25, 0.3) is 0 Å². The summed E-state index contributed by atoms with van der Waals surface area (Å²) < 4.78 is 0. The molecule has 1 heterocycles. The molecule has 1 saturated carbocycles. The second-order valence-electron chi connectivity index (χ2n) is 8.45. The Kier molecular flexibility index (Phi) is 5.06. The maximum absolute atomic E-state index is 12.7. The van der Waals surface area contributed by atoms with E-state index in [4.69, 9.17) is 5.11 Å². The third-order valence-electron chi connectivity index (χ3n) is 5.38. The van der Waals surface area contributed by atoms with Crippen LogP contribution in [0.15, 0.2) is 0 Å². The molecule has 2 unspecified atom stereocenters. The molecule has 0 radical (unpaired) electrons. The van der Waals surface area contributed by atoms with Crippen LogP contribution in [0.3, 0.4) is 0 Å². The molecule has 6 nitrogen and oxygen atoms in total. The molecular weight excluding hydrogens is 296 g/mol. The number of rotatable bonds is 3. The lowest BCUT2D eigenvalue weighted by Crippen LogP contribution is -2.61. The maximum atomic E-state index is 12.7. The Labute approximate surface area is 138 Å². The smallest absolute Gasteiger partial charge is 0.306 e. The zero-order chi connectivity index (χ0) is 17.4. The van der Waals surface area contributed by atoms with E-state index in [9.17, 15) is 14.8 Å². The van der Waals surface area contributed by atoms with Crippen molar-refractivity contribution in [3.05, 3.63) is 0 Å².